The summed E-state index contributed by atoms with van der Waals surface area (Å²) in [5.41, 5.74) is 0.826. The molecule has 0 aromatic carbocycles. The van der Waals surface area contributed by atoms with Gasteiger partial charge in [0, 0.05) is 17.6 Å². The van der Waals surface area contributed by atoms with E-state index in [1.54, 1.807) is 19.9 Å². The van der Waals surface area contributed by atoms with Crippen molar-refractivity contribution in [3.05, 3.63) is 36.0 Å². The first kappa shape index (κ1) is 18.9. The van der Waals surface area contributed by atoms with Gasteiger partial charge in [0.15, 0.2) is 0 Å². The third-order valence-electron chi connectivity index (χ3n) is 5.76. The number of allylic oxidation sites excluding steroid dienone is 1. The average molecular weight is 362 g/mol. The second-order valence-electron chi connectivity index (χ2n) is 7.60. The van der Waals surface area contributed by atoms with Gasteiger partial charge in [0.05, 0.1) is 17.6 Å². The van der Waals surface area contributed by atoms with Crippen LogP contribution in [0.1, 0.15) is 40.0 Å². The second kappa shape index (κ2) is 6.67. The zero-order valence-electron chi connectivity index (χ0n) is 15.5. The number of esters is 2. The van der Waals surface area contributed by atoms with Gasteiger partial charge >= 0.3 is 11.9 Å². The van der Waals surface area contributed by atoms with Crippen molar-refractivity contribution in [1.29, 1.82) is 0 Å². The van der Waals surface area contributed by atoms with Gasteiger partial charge in [-0.2, -0.15) is 0 Å². The first-order valence-corrected chi connectivity index (χ1v) is 8.95. The molecule has 1 aliphatic carbocycles. The second-order valence-corrected chi connectivity index (χ2v) is 7.60. The minimum absolute atomic E-state index is 0.270. The van der Waals surface area contributed by atoms with E-state index in [1.807, 2.05) is 6.92 Å². The lowest BCUT2D eigenvalue weighted by molar-refractivity contribution is -0.149. The number of aliphatic hydroxyl groups is 1. The van der Waals surface area contributed by atoms with Gasteiger partial charge in [-0.25, -0.2) is 9.59 Å². The van der Waals surface area contributed by atoms with Crippen molar-refractivity contribution in [2.75, 3.05) is 0 Å². The molecule has 2 heterocycles. The van der Waals surface area contributed by atoms with Crippen LogP contribution in [0.25, 0.3) is 0 Å². The average Bonchev–Trinajstić information content (AvgIpc) is 3.20. The van der Waals surface area contributed by atoms with E-state index in [9.17, 15) is 14.7 Å². The van der Waals surface area contributed by atoms with E-state index in [4.69, 9.17) is 14.2 Å². The maximum Gasteiger partial charge on any atom is 0.334 e. The molecular weight excluding hydrogens is 336 g/mol. The molecule has 0 bridgehead atoms. The first-order chi connectivity index (χ1) is 12.2. The Bertz CT molecular complexity index is 692. The lowest BCUT2D eigenvalue weighted by atomic mass is 9.80. The predicted molar refractivity (Wildman–Crippen MR) is 94.1 cm³/mol. The highest BCUT2D eigenvalue weighted by Gasteiger charge is 2.62. The molecule has 3 rings (SSSR count). The number of carbonyl (C=O) groups excluding carboxylic acids is 2. The molecule has 142 valence electrons. The van der Waals surface area contributed by atoms with Crippen LogP contribution in [0.4, 0.5) is 0 Å². The van der Waals surface area contributed by atoms with E-state index in [2.05, 4.69) is 13.2 Å². The van der Waals surface area contributed by atoms with Crippen molar-refractivity contribution in [2.24, 2.45) is 5.92 Å². The Morgan fingerprint density at radius 3 is 2.77 bits per heavy atom. The minimum Gasteiger partial charge on any atom is -0.458 e. The van der Waals surface area contributed by atoms with E-state index in [0.29, 0.717) is 30.4 Å². The molecule has 0 spiro atoms. The molecule has 6 heteroatoms. The number of hydrogen-bond donors (Lipinski definition) is 1. The van der Waals surface area contributed by atoms with Gasteiger partial charge in [0.25, 0.3) is 0 Å². The summed E-state index contributed by atoms with van der Waals surface area (Å²) in [5.74, 6) is -1.48. The number of hydrogen-bond acceptors (Lipinski definition) is 6. The number of epoxide rings is 1. The van der Waals surface area contributed by atoms with Gasteiger partial charge in [-0.1, -0.05) is 19.2 Å². The molecule has 2 saturated heterocycles. The third-order valence-corrected chi connectivity index (χ3v) is 5.76. The first-order valence-electron chi connectivity index (χ1n) is 8.95. The van der Waals surface area contributed by atoms with E-state index in [0.717, 1.165) is 0 Å². The molecule has 0 amide bonds. The Balaban J connectivity index is 1.96. The molecule has 1 saturated carbocycles. The van der Waals surface area contributed by atoms with E-state index in [1.165, 1.54) is 0 Å². The van der Waals surface area contributed by atoms with Crippen LogP contribution in [0, 0.1) is 5.92 Å². The summed E-state index contributed by atoms with van der Waals surface area (Å²) in [7, 11) is 0. The number of rotatable bonds is 2. The molecule has 2 aliphatic heterocycles. The highest BCUT2D eigenvalue weighted by atomic mass is 16.6. The Hall–Kier alpha value is -1.92. The maximum atomic E-state index is 12.4. The number of ether oxygens (including phenoxy) is 3. The topological polar surface area (TPSA) is 85.4 Å². The summed E-state index contributed by atoms with van der Waals surface area (Å²) in [6, 6.07) is 0. The van der Waals surface area contributed by atoms with E-state index in [-0.39, 0.29) is 11.7 Å². The predicted octanol–water partition coefficient (Wildman–Crippen LogP) is 2.22. The monoisotopic (exact) mass is 362 g/mol. The van der Waals surface area contributed by atoms with Crippen molar-refractivity contribution in [3.8, 4) is 0 Å². The summed E-state index contributed by atoms with van der Waals surface area (Å²) >= 11 is 0. The van der Waals surface area contributed by atoms with Gasteiger partial charge < -0.3 is 19.3 Å². The highest BCUT2D eigenvalue weighted by Crippen LogP contribution is 2.50. The van der Waals surface area contributed by atoms with Crippen LogP contribution in [0.5, 0.6) is 0 Å². The molecule has 6 nitrogen and oxygen atoms in total. The van der Waals surface area contributed by atoms with Gasteiger partial charge in [-0.3, -0.25) is 0 Å². The Kier molecular flexibility index (Phi) is 4.84. The molecule has 26 heavy (non-hydrogen) atoms. The molecule has 0 aromatic rings. The van der Waals surface area contributed by atoms with E-state index >= 15 is 0 Å². The lowest BCUT2D eigenvalue weighted by Crippen LogP contribution is -2.41. The highest BCUT2D eigenvalue weighted by molar-refractivity contribution is 5.91. The Morgan fingerprint density at radius 2 is 2.12 bits per heavy atom. The quantitative estimate of drug-likeness (QED) is 0.351. The number of aliphatic hydroxyl groups excluding tert-OH is 1. The normalized spacial score (nSPS) is 40.4. The van der Waals surface area contributed by atoms with Gasteiger partial charge in [-0.15, -0.1) is 0 Å². The van der Waals surface area contributed by atoms with Crippen LogP contribution >= 0.6 is 0 Å². The van der Waals surface area contributed by atoms with Crippen LogP contribution in [0.2, 0.25) is 0 Å². The third kappa shape index (κ3) is 3.23. The molecule has 0 aromatic heterocycles. The molecular formula is C20H26O6. The van der Waals surface area contributed by atoms with Crippen LogP contribution < -0.4 is 0 Å². The van der Waals surface area contributed by atoms with Crippen molar-refractivity contribution in [1.82, 2.24) is 0 Å². The fourth-order valence-corrected chi connectivity index (χ4v) is 3.78. The van der Waals surface area contributed by atoms with Crippen molar-refractivity contribution < 1.29 is 28.9 Å². The Morgan fingerprint density at radius 1 is 1.42 bits per heavy atom. The van der Waals surface area contributed by atoms with Crippen LogP contribution in [-0.4, -0.2) is 47.1 Å². The maximum absolute atomic E-state index is 12.4. The zero-order chi connectivity index (χ0) is 19.2. The summed E-state index contributed by atoms with van der Waals surface area (Å²) in [6.45, 7) is 13.2. The summed E-state index contributed by atoms with van der Waals surface area (Å²) in [4.78, 5) is 24.5. The van der Waals surface area contributed by atoms with Crippen LogP contribution in [0.3, 0.4) is 0 Å². The standard InChI is InChI=1S/C20H26O6/c1-6-10(2)18(22)25-16-15-12(4)19(23)24-14(15)9-11(3)13(21)7-8-20(5)17(16)26-20/h6,13-17,21H,3-4,7-9H2,1-2,5H3/b10-6-/t13-,14+,15-,16+,17+,20-/m1/s1. The number of fused-ring (bicyclic) bond motifs is 2. The van der Waals surface area contributed by atoms with E-state index < -0.39 is 41.8 Å². The van der Waals surface area contributed by atoms with Crippen LogP contribution in [0.15, 0.2) is 36.0 Å². The van der Waals surface area contributed by atoms with Crippen molar-refractivity contribution >= 4 is 11.9 Å². The molecule has 0 radical (unpaired) electrons. The smallest absolute Gasteiger partial charge is 0.334 e. The number of carbonyl (C=O) groups is 2. The largest absolute Gasteiger partial charge is 0.458 e. The lowest BCUT2D eigenvalue weighted by Gasteiger charge is -2.29. The Labute approximate surface area is 153 Å². The van der Waals surface area contributed by atoms with Crippen LogP contribution in [-0.2, 0) is 23.8 Å². The zero-order valence-corrected chi connectivity index (χ0v) is 15.5. The summed E-state index contributed by atoms with van der Waals surface area (Å²) in [6.07, 6.45) is 0.775. The minimum atomic E-state index is -0.686. The molecule has 6 atom stereocenters. The van der Waals surface area contributed by atoms with Gasteiger partial charge in [-0.05, 0) is 39.2 Å². The summed E-state index contributed by atoms with van der Waals surface area (Å²) < 4.78 is 17.1. The fraction of sp³-hybridized carbons (Fsp3) is 0.600. The molecule has 1 N–H and O–H groups in total. The van der Waals surface area contributed by atoms with Gasteiger partial charge in [0.2, 0.25) is 0 Å². The van der Waals surface area contributed by atoms with Gasteiger partial charge in [0.1, 0.15) is 18.3 Å². The molecule has 3 fully saturated rings. The van der Waals surface area contributed by atoms with Crippen molar-refractivity contribution in [3.63, 3.8) is 0 Å². The SMILES string of the molecule is C=C1C(=O)O[C@H]2CC(=C)[C@H](O)CC[C@@]3(C)O[C@H]3[C@@H](OC(=O)/C(C)=C\C)[C@H]12. The molecule has 0 unspecified atom stereocenters. The summed E-state index contributed by atoms with van der Waals surface area (Å²) in [5, 5.41) is 10.3. The van der Waals surface area contributed by atoms with Crippen molar-refractivity contribution in [2.45, 2.75) is 70.1 Å². The fourth-order valence-electron chi connectivity index (χ4n) is 3.78. The molecule has 3 aliphatic rings.